The maximum Gasteiger partial charge on any atom is 0.345 e. The topological polar surface area (TPSA) is 97.5 Å². The standard InChI is InChI=1S/C35H38N4O4S2/c1-19-17-43-18-20(2)39(19)30(40)16-38-28-15-29(35(41)42)45-34(28)31(23-8-6-5-7-9-23)32(38)25-11-12-26-24(14-25)10-13-27(37-26)33-21(3)36-22(4)44-33/h10-15,19-20,23H,5-9,16-18H2,1-4H3,(H,41,42). The van der Waals surface area contributed by atoms with Gasteiger partial charge in [-0.3, -0.25) is 4.79 Å². The first-order chi connectivity index (χ1) is 21.7. The van der Waals surface area contributed by atoms with E-state index in [2.05, 4.69) is 39.9 Å². The van der Waals surface area contributed by atoms with E-state index in [0.717, 1.165) is 79.3 Å². The molecule has 10 heteroatoms. The molecular weight excluding hydrogens is 605 g/mol. The third kappa shape index (κ3) is 5.47. The highest BCUT2D eigenvalue weighted by Crippen LogP contribution is 2.47. The number of carbonyl (C=O) groups is 2. The third-order valence-corrected chi connectivity index (χ3v) is 11.6. The molecular formula is C35H38N4O4S2. The van der Waals surface area contributed by atoms with E-state index >= 15 is 0 Å². The van der Waals surface area contributed by atoms with Crippen molar-refractivity contribution in [2.24, 2.45) is 0 Å². The van der Waals surface area contributed by atoms with Crippen molar-refractivity contribution in [3.05, 3.63) is 57.5 Å². The SMILES string of the molecule is Cc1nc(C)c(-c2ccc3cc(-c4c(C5CCCCC5)c5sc(C(=O)O)cc5n4CC(=O)N4C(C)COCC4C)ccc3n2)s1. The van der Waals surface area contributed by atoms with Crippen LogP contribution in [0.25, 0.3) is 42.9 Å². The number of fused-ring (bicyclic) bond motifs is 2. The van der Waals surface area contributed by atoms with E-state index in [1.807, 2.05) is 32.6 Å². The number of pyridine rings is 1. The molecule has 1 N–H and O–H groups in total. The van der Waals surface area contributed by atoms with Crippen LogP contribution in [0.5, 0.6) is 0 Å². The maximum absolute atomic E-state index is 14.1. The van der Waals surface area contributed by atoms with Crippen LogP contribution in [-0.4, -0.2) is 61.7 Å². The summed E-state index contributed by atoms with van der Waals surface area (Å²) in [7, 11) is 0. The number of thiophene rings is 1. The smallest absolute Gasteiger partial charge is 0.345 e. The van der Waals surface area contributed by atoms with Gasteiger partial charge in [0.2, 0.25) is 5.91 Å². The van der Waals surface area contributed by atoms with E-state index in [0.29, 0.717) is 24.0 Å². The van der Waals surface area contributed by atoms with E-state index in [-0.39, 0.29) is 24.5 Å². The summed E-state index contributed by atoms with van der Waals surface area (Å²) >= 11 is 3.00. The molecule has 1 saturated heterocycles. The van der Waals surface area contributed by atoms with Crippen molar-refractivity contribution in [3.63, 3.8) is 0 Å². The fraction of sp³-hybridized carbons (Fsp3) is 0.429. The summed E-state index contributed by atoms with van der Waals surface area (Å²) in [5.74, 6) is -0.598. The zero-order chi connectivity index (χ0) is 31.4. The van der Waals surface area contributed by atoms with Crippen molar-refractivity contribution in [1.82, 2.24) is 19.4 Å². The number of hydrogen-bond acceptors (Lipinski definition) is 7. The fourth-order valence-corrected chi connectivity index (χ4v) is 9.39. The Hall–Kier alpha value is -3.60. The zero-order valence-corrected chi connectivity index (χ0v) is 27.8. The van der Waals surface area contributed by atoms with Crippen molar-refractivity contribution in [3.8, 4) is 21.8 Å². The quantitative estimate of drug-likeness (QED) is 0.201. The van der Waals surface area contributed by atoms with Gasteiger partial charge in [0.05, 0.1) is 68.0 Å². The Morgan fingerprint density at radius 1 is 0.978 bits per heavy atom. The minimum Gasteiger partial charge on any atom is -0.477 e. The highest BCUT2D eigenvalue weighted by Gasteiger charge is 2.33. The third-order valence-electron chi connectivity index (χ3n) is 9.35. The lowest BCUT2D eigenvalue weighted by molar-refractivity contribution is -0.144. The first-order valence-corrected chi connectivity index (χ1v) is 17.5. The van der Waals surface area contributed by atoms with Gasteiger partial charge in [0.1, 0.15) is 11.4 Å². The second kappa shape index (κ2) is 12.0. The first kappa shape index (κ1) is 30.1. The van der Waals surface area contributed by atoms with Crippen LogP contribution in [0.1, 0.15) is 77.8 Å². The van der Waals surface area contributed by atoms with Crippen LogP contribution < -0.4 is 0 Å². The summed E-state index contributed by atoms with van der Waals surface area (Å²) in [6.45, 7) is 9.26. The van der Waals surface area contributed by atoms with Gasteiger partial charge in [-0.15, -0.1) is 22.7 Å². The Labute approximate surface area is 270 Å². The van der Waals surface area contributed by atoms with E-state index < -0.39 is 5.97 Å². The normalized spacial score (nSPS) is 19.5. The molecule has 1 amide bonds. The Morgan fingerprint density at radius 3 is 2.42 bits per heavy atom. The number of ether oxygens (including phenoxy) is 1. The lowest BCUT2D eigenvalue weighted by Gasteiger charge is -2.39. The number of benzene rings is 1. The highest BCUT2D eigenvalue weighted by molar-refractivity contribution is 7.21. The minimum absolute atomic E-state index is 0.0250. The van der Waals surface area contributed by atoms with Crippen LogP contribution in [0.4, 0.5) is 0 Å². The summed E-state index contributed by atoms with van der Waals surface area (Å²) in [6.07, 6.45) is 5.63. The molecule has 2 atom stereocenters. The van der Waals surface area contributed by atoms with Gasteiger partial charge in [0.15, 0.2) is 0 Å². The molecule has 4 aromatic heterocycles. The van der Waals surface area contributed by atoms with Crippen LogP contribution in [-0.2, 0) is 16.1 Å². The van der Waals surface area contributed by atoms with E-state index in [1.54, 1.807) is 17.4 Å². The Morgan fingerprint density at radius 2 is 1.73 bits per heavy atom. The highest BCUT2D eigenvalue weighted by atomic mass is 32.1. The number of aryl methyl sites for hydroxylation is 2. The molecule has 2 aliphatic rings. The Balaban J connectivity index is 1.40. The predicted molar refractivity (Wildman–Crippen MR) is 181 cm³/mol. The number of aromatic nitrogens is 3. The Kier molecular flexibility index (Phi) is 8.00. The van der Waals surface area contributed by atoms with E-state index in [9.17, 15) is 14.7 Å². The number of carboxylic acids is 1. The number of nitrogens with zero attached hydrogens (tertiary/aromatic N) is 4. The second-order valence-electron chi connectivity index (χ2n) is 12.6. The van der Waals surface area contributed by atoms with Gasteiger partial charge >= 0.3 is 5.97 Å². The molecule has 5 aromatic rings. The molecule has 0 spiro atoms. The predicted octanol–water partition coefficient (Wildman–Crippen LogP) is 8.04. The molecule has 1 aliphatic carbocycles. The molecule has 1 aromatic carbocycles. The van der Waals surface area contributed by atoms with Crippen molar-refractivity contribution in [2.75, 3.05) is 13.2 Å². The van der Waals surface area contributed by atoms with Gasteiger partial charge in [-0.1, -0.05) is 31.4 Å². The van der Waals surface area contributed by atoms with Gasteiger partial charge in [-0.2, -0.15) is 0 Å². The number of aromatic carboxylic acids is 1. The molecule has 5 heterocycles. The largest absolute Gasteiger partial charge is 0.477 e. The monoisotopic (exact) mass is 642 g/mol. The van der Waals surface area contributed by atoms with E-state index in [1.165, 1.54) is 23.3 Å². The average Bonchev–Trinajstić information content (AvgIpc) is 3.69. The number of hydrogen-bond donors (Lipinski definition) is 1. The number of rotatable bonds is 6. The summed E-state index contributed by atoms with van der Waals surface area (Å²) in [5, 5.41) is 12.0. The van der Waals surface area contributed by atoms with Gasteiger partial charge in [-0.05, 0) is 81.8 Å². The van der Waals surface area contributed by atoms with Crippen molar-refractivity contribution in [2.45, 2.75) is 84.3 Å². The molecule has 2 unspecified atom stereocenters. The van der Waals surface area contributed by atoms with Gasteiger partial charge < -0.3 is 19.3 Å². The molecule has 2 fully saturated rings. The molecule has 0 radical (unpaired) electrons. The summed E-state index contributed by atoms with van der Waals surface area (Å²) in [5.41, 5.74) is 6.90. The second-order valence-corrected chi connectivity index (χ2v) is 14.9. The lowest BCUT2D eigenvalue weighted by Crippen LogP contribution is -2.53. The average molecular weight is 643 g/mol. The number of morpholine rings is 1. The zero-order valence-electron chi connectivity index (χ0n) is 26.1. The van der Waals surface area contributed by atoms with Crippen LogP contribution in [0.2, 0.25) is 0 Å². The molecule has 1 saturated carbocycles. The molecule has 45 heavy (non-hydrogen) atoms. The molecule has 8 nitrogen and oxygen atoms in total. The molecule has 0 bridgehead atoms. The fourth-order valence-electron chi connectivity index (χ4n) is 7.38. The summed E-state index contributed by atoms with van der Waals surface area (Å²) < 4.78 is 8.81. The summed E-state index contributed by atoms with van der Waals surface area (Å²) in [6, 6.07) is 12.3. The number of carbonyl (C=O) groups excluding carboxylic acids is 1. The Bertz CT molecular complexity index is 1920. The summed E-state index contributed by atoms with van der Waals surface area (Å²) in [4.78, 5) is 39.2. The van der Waals surface area contributed by atoms with Crippen LogP contribution in [0.3, 0.4) is 0 Å². The van der Waals surface area contributed by atoms with Gasteiger partial charge in [-0.25, -0.2) is 14.8 Å². The number of thiazole rings is 1. The van der Waals surface area contributed by atoms with E-state index in [4.69, 9.17) is 9.72 Å². The maximum atomic E-state index is 14.1. The minimum atomic E-state index is -0.931. The number of amides is 1. The lowest BCUT2D eigenvalue weighted by atomic mass is 9.83. The van der Waals surface area contributed by atoms with Crippen LogP contribution in [0.15, 0.2) is 36.4 Å². The number of carboxylic acid groups (broad SMARTS) is 1. The molecule has 234 valence electrons. The van der Waals surface area contributed by atoms with Gasteiger partial charge in [0.25, 0.3) is 0 Å². The van der Waals surface area contributed by atoms with Gasteiger partial charge in [0, 0.05) is 5.39 Å². The van der Waals surface area contributed by atoms with Crippen LogP contribution >= 0.6 is 22.7 Å². The van der Waals surface area contributed by atoms with Crippen molar-refractivity contribution < 1.29 is 19.4 Å². The van der Waals surface area contributed by atoms with Crippen LogP contribution in [0, 0.1) is 13.8 Å². The molecule has 7 rings (SSSR count). The molecule has 1 aliphatic heterocycles. The van der Waals surface area contributed by atoms with Crippen molar-refractivity contribution in [1.29, 1.82) is 0 Å². The van der Waals surface area contributed by atoms with Crippen molar-refractivity contribution >= 4 is 55.7 Å². The first-order valence-electron chi connectivity index (χ1n) is 15.8.